The Morgan fingerprint density at radius 3 is 2.53 bits per heavy atom. The Labute approximate surface area is 114 Å². The highest BCUT2D eigenvalue weighted by molar-refractivity contribution is 5.76. The molecule has 1 N–H and O–H groups in total. The Kier molecular flexibility index (Phi) is 5.17. The summed E-state index contributed by atoms with van der Waals surface area (Å²) < 4.78 is 10.3. The summed E-state index contributed by atoms with van der Waals surface area (Å²) in [6.45, 7) is 8.19. The molecule has 6 nitrogen and oxygen atoms in total. The number of nitrogens with one attached hydrogen (secondary N) is 1. The highest BCUT2D eigenvalue weighted by Crippen LogP contribution is 2.17. The number of nitrogens with zero attached hydrogens (tertiary/aromatic N) is 1. The quantitative estimate of drug-likeness (QED) is 0.781. The molecule has 0 radical (unpaired) electrons. The average Bonchev–Trinajstić information content (AvgIpc) is 2.75. The first-order valence-corrected chi connectivity index (χ1v) is 6.60. The van der Waals surface area contributed by atoms with E-state index in [-0.39, 0.29) is 24.1 Å². The Bertz CT molecular complexity index is 338. The zero-order chi connectivity index (χ0) is 14.6. The second-order valence-electron chi connectivity index (χ2n) is 5.69. The monoisotopic (exact) mass is 272 g/mol. The molecular formula is C13H24N2O4. The molecule has 0 aromatic carbocycles. The maximum absolute atomic E-state index is 11.9. The molecular weight excluding hydrogens is 248 g/mol. The number of rotatable bonds is 3. The van der Waals surface area contributed by atoms with E-state index in [1.165, 1.54) is 4.90 Å². The maximum Gasteiger partial charge on any atom is 0.410 e. The van der Waals surface area contributed by atoms with E-state index < -0.39 is 5.60 Å². The molecule has 6 heteroatoms. The Hall–Kier alpha value is -1.30. The smallest absolute Gasteiger partial charge is 0.410 e. The Morgan fingerprint density at radius 1 is 1.37 bits per heavy atom. The van der Waals surface area contributed by atoms with Gasteiger partial charge in [0.15, 0.2) is 0 Å². The summed E-state index contributed by atoms with van der Waals surface area (Å²) >= 11 is 0. The van der Waals surface area contributed by atoms with E-state index in [1.807, 2.05) is 20.8 Å². The van der Waals surface area contributed by atoms with Gasteiger partial charge in [0.25, 0.3) is 0 Å². The van der Waals surface area contributed by atoms with Gasteiger partial charge in [-0.2, -0.15) is 0 Å². The van der Waals surface area contributed by atoms with Crippen molar-refractivity contribution < 1.29 is 19.1 Å². The summed E-state index contributed by atoms with van der Waals surface area (Å²) in [7, 11) is 1.69. The lowest BCUT2D eigenvalue weighted by molar-refractivity contribution is -0.145. The van der Waals surface area contributed by atoms with Gasteiger partial charge in [0, 0.05) is 19.6 Å². The molecule has 1 fully saturated rings. The summed E-state index contributed by atoms with van der Waals surface area (Å²) in [5.74, 6) is -0.261. The topological polar surface area (TPSA) is 67.9 Å². The molecule has 0 aromatic rings. The third-order valence-corrected chi connectivity index (χ3v) is 2.91. The predicted octanol–water partition coefficient (Wildman–Crippen LogP) is 1.15. The number of likely N-dealkylation sites (N-methyl/N-ethyl adjacent to an activating group) is 1. The molecule has 2 atom stereocenters. The summed E-state index contributed by atoms with van der Waals surface area (Å²) in [4.78, 5) is 25.0. The van der Waals surface area contributed by atoms with Crippen molar-refractivity contribution in [3.8, 4) is 0 Å². The van der Waals surface area contributed by atoms with E-state index in [1.54, 1.807) is 14.0 Å². The van der Waals surface area contributed by atoms with Crippen LogP contribution in [0.5, 0.6) is 0 Å². The first-order chi connectivity index (χ1) is 8.74. The van der Waals surface area contributed by atoms with Gasteiger partial charge in [-0.15, -0.1) is 0 Å². The largest absolute Gasteiger partial charge is 0.465 e. The molecule has 1 saturated heterocycles. The van der Waals surface area contributed by atoms with Gasteiger partial charge in [0.1, 0.15) is 11.6 Å². The first kappa shape index (κ1) is 15.8. The van der Waals surface area contributed by atoms with Gasteiger partial charge < -0.3 is 19.7 Å². The van der Waals surface area contributed by atoms with Crippen LogP contribution in [-0.2, 0) is 14.3 Å². The molecule has 1 heterocycles. The van der Waals surface area contributed by atoms with Crippen molar-refractivity contribution >= 4 is 12.1 Å². The lowest BCUT2D eigenvalue weighted by Gasteiger charge is -2.28. The molecule has 0 aromatic heterocycles. The first-order valence-electron chi connectivity index (χ1n) is 6.60. The van der Waals surface area contributed by atoms with Crippen LogP contribution in [0.1, 0.15) is 34.1 Å². The van der Waals surface area contributed by atoms with Gasteiger partial charge in [-0.3, -0.25) is 4.79 Å². The summed E-state index contributed by atoms with van der Waals surface area (Å²) in [6, 6.07) is -0.390. The van der Waals surface area contributed by atoms with Crippen LogP contribution in [0.15, 0.2) is 0 Å². The number of esters is 1. The minimum absolute atomic E-state index is 0.0516. The van der Waals surface area contributed by atoms with Gasteiger partial charge in [-0.05, 0) is 34.1 Å². The van der Waals surface area contributed by atoms with Crippen molar-refractivity contribution in [1.29, 1.82) is 0 Å². The van der Waals surface area contributed by atoms with Crippen molar-refractivity contribution in [2.75, 3.05) is 20.2 Å². The fourth-order valence-electron chi connectivity index (χ4n) is 1.92. The molecule has 0 aliphatic carbocycles. The van der Waals surface area contributed by atoms with Gasteiger partial charge >= 0.3 is 12.1 Å². The van der Waals surface area contributed by atoms with Gasteiger partial charge in [-0.25, -0.2) is 4.79 Å². The maximum atomic E-state index is 11.9. The fourth-order valence-corrected chi connectivity index (χ4v) is 1.92. The van der Waals surface area contributed by atoms with Crippen LogP contribution in [0, 0.1) is 0 Å². The molecule has 0 bridgehead atoms. The van der Waals surface area contributed by atoms with E-state index in [2.05, 4.69) is 5.32 Å². The number of carbonyl (C=O) groups excluding carboxylic acids is 2. The van der Waals surface area contributed by atoms with Crippen LogP contribution in [0.2, 0.25) is 0 Å². The zero-order valence-corrected chi connectivity index (χ0v) is 12.4. The highest BCUT2D eigenvalue weighted by atomic mass is 16.6. The molecule has 0 spiro atoms. The molecule has 1 aliphatic rings. The second-order valence-corrected chi connectivity index (χ2v) is 5.69. The van der Waals surface area contributed by atoms with Crippen molar-refractivity contribution in [2.24, 2.45) is 0 Å². The van der Waals surface area contributed by atoms with E-state index in [0.717, 1.165) is 0 Å². The molecule has 19 heavy (non-hydrogen) atoms. The number of ether oxygens (including phenoxy) is 2. The van der Waals surface area contributed by atoms with Gasteiger partial charge in [0.05, 0.1) is 6.61 Å². The standard InChI is InChI=1S/C13H24N2O4/c1-6-18-11(16)10-7-9(8-14-10)15(5)12(17)19-13(2,3)4/h9-10,14H,6-8H2,1-5H3/t9-,10+/m1/s1. The van der Waals surface area contributed by atoms with Crippen LogP contribution < -0.4 is 5.32 Å². The fraction of sp³-hybridized carbons (Fsp3) is 0.846. The normalized spacial score (nSPS) is 23.0. The number of amides is 1. The van der Waals surface area contributed by atoms with Crippen LogP contribution >= 0.6 is 0 Å². The Morgan fingerprint density at radius 2 is 2.00 bits per heavy atom. The molecule has 0 saturated carbocycles. The lowest BCUT2D eigenvalue weighted by Crippen LogP contribution is -2.41. The minimum Gasteiger partial charge on any atom is -0.465 e. The van der Waals surface area contributed by atoms with Crippen LogP contribution in [0.3, 0.4) is 0 Å². The third kappa shape index (κ3) is 4.70. The minimum atomic E-state index is -0.516. The number of hydrogen-bond acceptors (Lipinski definition) is 5. The average molecular weight is 272 g/mol. The summed E-state index contributed by atoms with van der Waals surface area (Å²) in [5, 5.41) is 3.07. The zero-order valence-electron chi connectivity index (χ0n) is 12.4. The second kappa shape index (κ2) is 6.23. The van der Waals surface area contributed by atoms with Crippen LogP contribution in [-0.4, -0.2) is 54.8 Å². The van der Waals surface area contributed by atoms with Crippen LogP contribution in [0.25, 0.3) is 0 Å². The number of hydrogen-bond donors (Lipinski definition) is 1. The Balaban J connectivity index is 2.50. The van der Waals surface area contributed by atoms with Crippen molar-refractivity contribution in [2.45, 2.75) is 51.8 Å². The van der Waals surface area contributed by atoms with Gasteiger partial charge in [0.2, 0.25) is 0 Å². The lowest BCUT2D eigenvalue weighted by atomic mass is 10.1. The highest BCUT2D eigenvalue weighted by Gasteiger charge is 2.35. The summed E-state index contributed by atoms with van der Waals surface area (Å²) in [6.07, 6.45) is 0.179. The van der Waals surface area contributed by atoms with Crippen molar-refractivity contribution in [3.05, 3.63) is 0 Å². The van der Waals surface area contributed by atoms with E-state index in [0.29, 0.717) is 19.6 Å². The van der Waals surface area contributed by atoms with E-state index >= 15 is 0 Å². The predicted molar refractivity (Wildman–Crippen MR) is 70.8 cm³/mol. The molecule has 1 aliphatic heterocycles. The van der Waals surface area contributed by atoms with E-state index in [9.17, 15) is 9.59 Å². The molecule has 1 amide bonds. The third-order valence-electron chi connectivity index (χ3n) is 2.91. The molecule has 110 valence electrons. The van der Waals surface area contributed by atoms with Gasteiger partial charge in [-0.1, -0.05) is 0 Å². The van der Waals surface area contributed by atoms with Crippen molar-refractivity contribution in [3.63, 3.8) is 0 Å². The van der Waals surface area contributed by atoms with Crippen molar-refractivity contribution in [1.82, 2.24) is 10.2 Å². The van der Waals surface area contributed by atoms with Crippen LogP contribution in [0.4, 0.5) is 4.79 Å². The van der Waals surface area contributed by atoms with E-state index in [4.69, 9.17) is 9.47 Å². The molecule has 1 rings (SSSR count). The molecule has 0 unspecified atom stereocenters. The SMILES string of the molecule is CCOC(=O)[C@@H]1C[C@@H](N(C)C(=O)OC(C)(C)C)CN1. The summed E-state index contributed by atoms with van der Waals surface area (Å²) in [5.41, 5.74) is -0.516. The number of carbonyl (C=O) groups is 2.